The standard InChI is InChI=1S/C14H12ClN5O3/c1-19-14(21)20(13(18-19)22-2)9-5-3-4-6-10(9)23-12-8-16-7-11(15)17-12/h3-8H,1-2H3. The van der Waals surface area contributed by atoms with Crippen molar-refractivity contribution in [2.75, 3.05) is 7.11 Å². The Morgan fingerprint density at radius 1 is 1.22 bits per heavy atom. The zero-order valence-corrected chi connectivity index (χ0v) is 13.1. The van der Waals surface area contributed by atoms with E-state index in [4.69, 9.17) is 21.1 Å². The molecule has 8 nitrogen and oxygen atoms in total. The van der Waals surface area contributed by atoms with Crippen LogP contribution in [0.5, 0.6) is 17.6 Å². The van der Waals surface area contributed by atoms with Crippen molar-refractivity contribution < 1.29 is 9.47 Å². The molecular formula is C14H12ClN5O3. The lowest BCUT2D eigenvalue weighted by atomic mass is 10.3. The minimum absolute atomic E-state index is 0.144. The third-order valence-electron chi connectivity index (χ3n) is 2.98. The summed E-state index contributed by atoms with van der Waals surface area (Å²) >= 11 is 5.80. The van der Waals surface area contributed by atoms with E-state index in [1.54, 1.807) is 24.3 Å². The van der Waals surface area contributed by atoms with Crippen LogP contribution in [0.1, 0.15) is 0 Å². The second-order valence-corrected chi connectivity index (χ2v) is 4.87. The fourth-order valence-electron chi connectivity index (χ4n) is 2.00. The van der Waals surface area contributed by atoms with Crippen molar-refractivity contribution in [2.45, 2.75) is 0 Å². The predicted molar refractivity (Wildman–Crippen MR) is 82.5 cm³/mol. The van der Waals surface area contributed by atoms with Crippen LogP contribution in [0.4, 0.5) is 0 Å². The van der Waals surface area contributed by atoms with Gasteiger partial charge in [-0.1, -0.05) is 23.7 Å². The van der Waals surface area contributed by atoms with Gasteiger partial charge < -0.3 is 9.47 Å². The van der Waals surface area contributed by atoms with E-state index in [1.165, 1.54) is 35.8 Å². The first-order valence-corrected chi connectivity index (χ1v) is 6.93. The molecule has 0 atom stereocenters. The number of halogens is 1. The first-order valence-electron chi connectivity index (χ1n) is 6.55. The molecule has 0 fully saturated rings. The zero-order valence-electron chi connectivity index (χ0n) is 12.3. The number of rotatable bonds is 4. The summed E-state index contributed by atoms with van der Waals surface area (Å²) in [4.78, 5) is 20.2. The minimum atomic E-state index is -0.366. The molecule has 0 saturated carbocycles. The summed E-state index contributed by atoms with van der Waals surface area (Å²) in [6.45, 7) is 0. The van der Waals surface area contributed by atoms with Crippen LogP contribution >= 0.6 is 11.6 Å². The first kappa shape index (κ1) is 15.0. The lowest BCUT2D eigenvalue weighted by molar-refractivity contribution is 0.366. The summed E-state index contributed by atoms with van der Waals surface area (Å²) in [6.07, 6.45) is 2.82. The number of aromatic nitrogens is 5. The van der Waals surface area contributed by atoms with E-state index in [2.05, 4.69) is 15.1 Å². The molecule has 2 aromatic heterocycles. The SMILES string of the molecule is COc1nn(C)c(=O)n1-c1ccccc1Oc1cncc(Cl)n1. The second kappa shape index (κ2) is 6.09. The molecule has 1 aromatic carbocycles. The number of hydrogen-bond acceptors (Lipinski definition) is 6. The summed E-state index contributed by atoms with van der Waals surface area (Å²) in [6, 6.07) is 7.08. The van der Waals surface area contributed by atoms with Gasteiger partial charge in [0.05, 0.1) is 25.2 Å². The van der Waals surface area contributed by atoms with Crippen LogP contribution in [-0.2, 0) is 7.05 Å². The quantitative estimate of drug-likeness (QED) is 0.724. The van der Waals surface area contributed by atoms with Crippen molar-refractivity contribution >= 4 is 11.6 Å². The third-order valence-corrected chi connectivity index (χ3v) is 3.16. The fourth-order valence-corrected chi connectivity index (χ4v) is 2.14. The predicted octanol–water partition coefficient (Wildman–Crippen LogP) is 1.82. The van der Waals surface area contributed by atoms with Crippen LogP contribution in [-0.4, -0.2) is 31.4 Å². The number of hydrogen-bond donors (Lipinski definition) is 0. The molecule has 0 saturated heterocycles. The minimum Gasteiger partial charge on any atom is -0.467 e. The van der Waals surface area contributed by atoms with Gasteiger partial charge in [-0.3, -0.25) is 4.98 Å². The highest BCUT2D eigenvalue weighted by Gasteiger charge is 2.17. The van der Waals surface area contributed by atoms with Crippen LogP contribution in [0, 0.1) is 0 Å². The Bertz CT molecular complexity index is 905. The summed E-state index contributed by atoms with van der Waals surface area (Å²) in [7, 11) is 2.97. The van der Waals surface area contributed by atoms with Gasteiger partial charge in [0.15, 0.2) is 10.9 Å². The maximum atomic E-state index is 12.3. The van der Waals surface area contributed by atoms with Crippen molar-refractivity contribution in [3.8, 4) is 23.3 Å². The average molecular weight is 334 g/mol. The highest BCUT2D eigenvalue weighted by atomic mass is 35.5. The van der Waals surface area contributed by atoms with Crippen LogP contribution < -0.4 is 15.2 Å². The molecule has 0 bridgehead atoms. The Labute approximate surface area is 135 Å². The molecule has 0 spiro atoms. The van der Waals surface area contributed by atoms with Gasteiger partial charge in [-0.05, 0) is 12.1 Å². The maximum Gasteiger partial charge on any atom is 0.353 e. The molecule has 0 aliphatic carbocycles. The molecule has 23 heavy (non-hydrogen) atoms. The molecule has 0 N–H and O–H groups in total. The number of benzene rings is 1. The van der Waals surface area contributed by atoms with Gasteiger partial charge in [-0.25, -0.2) is 14.0 Å². The largest absolute Gasteiger partial charge is 0.467 e. The molecule has 118 valence electrons. The molecule has 9 heteroatoms. The fraction of sp³-hybridized carbons (Fsp3) is 0.143. The van der Waals surface area contributed by atoms with E-state index in [0.29, 0.717) is 11.4 Å². The maximum absolute atomic E-state index is 12.3. The van der Waals surface area contributed by atoms with Crippen molar-refractivity contribution in [1.82, 2.24) is 24.3 Å². The lowest BCUT2D eigenvalue weighted by Gasteiger charge is -2.11. The van der Waals surface area contributed by atoms with E-state index < -0.39 is 0 Å². The van der Waals surface area contributed by atoms with Gasteiger partial charge in [0.25, 0.3) is 0 Å². The summed E-state index contributed by atoms with van der Waals surface area (Å²) in [5.41, 5.74) is 0.0966. The van der Waals surface area contributed by atoms with E-state index in [-0.39, 0.29) is 22.7 Å². The van der Waals surface area contributed by atoms with Gasteiger partial charge in [0, 0.05) is 7.05 Å². The molecule has 0 aliphatic heterocycles. The highest BCUT2D eigenvalue weighted by molar-refractivity contribution is 6.29. The van der Waals surface area contributed by atoms with Gasteiger partial charge in [-0.15, -0.1) is 5.10 Å². The first-order chi connectivity index (χ1) is 11.1. The number of aryl methyl sites for hydroxylation is 1. The average Bonchev–Trinajstić information content (AvgIpc) is 2.83. The Hall–Kier alpha value is -2.87. The lowest BCUT2D eigenvalue weighted by Crippen LogP contribution is -2.22. The van der Waals surface area contributed by atoms with Crippen molar-refractivity contribution in [2.24, 2.45) is 7.05 Å². The number of para-hydroxylation sites is 2. The third kappa shape index (κ3) is 2.88. The zero-order chi connectivity index (χ0) is 16.4. The molecule has 0 unspecified atom stereocenters. The van der Waals surface area contributed by atoms with Crippen molar-refractivity contribution in [3.63, 3.8) is 0 Å². The number of ether oxygens (including phenoxy) is 2. The molecular weight excluding hydrogens is 322 g/mol. The summed E-state index contributed by atoms with van der Waals surface area (Å²) in [5, 5.41) is 4.21. The Morgan fingerprint density at radius 2 is 2.00 bits per heavy atom. The van der Waals surface area contributed by atoms with Crippen molar-refractivity contribution in [3.05, 3.63) is 52.3 Å². The topological polar surface area (TPSA) is 84.1 Å². The highest BCUT2D eigenvalue weighted by Crippen LogP contribution is 2.28. The molecule has 2 heterocycles. The van der Waals surface area contributed by atoms with E-state index in [9.17, 15) is 4.79 Å². The van der Waals surface area contributed by atoms with Gasteiger partial charge >= 0.3 is 11.7 Å². The molecule has 0 amide bonds. The number of nitrogens with zero attached hydrogens (tertiary/aromatic N) is 5. The van der Waals surface area contributed by atoms with E-state index >= 15 is 0 Å². The van der Waals surface area contributed by atoms with Gasteiger partial charge in [0.2, 0.25) is 5.88 Å². The Balaban J connectivity index is 2.10. The summed E-state index contributed by atoms with van der Waals surface area (Å²) in [5.74, 6) is 0.596. The molecule has 3 aromatic rings. The molecule has 0 aliphatic rings. The number of methoxy groups -OCH3 is 1. The molecule has 0 radical (unpaired) electrons. The summed E-state index contributed by atoms with van der Waals surface area (Å²) < 4.78 is 13.3. The van der Waals surface area contributed by atoms with Crippen molar-refractivity contribution in [1.29, 1.82) is 0 Å². The Morgan fingerprint density at radius 3 is 2.74 bits per heavy atom. The van der Waals surface area contributed by atoms with Crippen LogP contribution in [0.3, 0.4) is 0 Å². The monoisotopic (exact) mass is 333 g/mol. The van der Waals surface area contributed by atoms with E-state index in [1.807, 2.05) is 0 Å². The van der Waals surface area contributed by atoms with Crippen LogP contribution in [0.25, 0.3) is 5.69 Å². The van der Waals surface area contributed by atoms with Crippen LogP contribution in [0.15, 0.2) is 41.5 Å². The van der Waals surface area contributed by atoms with Crippen LogP contribution in [0.2, 0.25) is 5.15 Å². The normalized spacial score (nSPS) is 10.6. The second-order valence-electron chi connectivity index (χ2n) is 4.48. The molecule has 3 rings (SSSR count). The van der Waals surface area contributed by atoms with Gasteiger partial charge in [0.1, 0.15) is 0 Å². The smallest absolute Gasteiger partial charge is 0.353 e. The Kier molecular flexibility index (Phi) is 3.98. The van der Waals surface area contributed by atoms with E-state index in [0.717, 1.165) is 0 Å². The van der Waals surface area contributed by atoms with Gasteiger partial charge in [-0.2, -0.15) is 4.98 Å².